The number of anilines is 1. The van der Waals surface area contributed by atoms with Gasteiger partial charge in [-0.1, -0.05) is 64.5 Å². The Morgan fingerprint density at radius 2 is 1.72 bits per heavy atom. The van der Waals surface area contributed by atoms with Gasteiger partial charge in [0, 0.05) is 6.54 Å². The van der Waals surface area contributed by atoms with E-state index in [1.165, 1.54) is 37.7 Å². The summed E-state index contributed by atoms with van der Waals surface area (Å²) in [6.45, 7) is 7.50. The van der Waals surface area contributed by atoms with E-state index in [2.05, 4.69) is 42.6 Å². The van der Waals surface area contributed by atoms with E-state index in [-0.39, 0.29) is 0 Å². The molecule has 0 aliphatic carbocycles. The van der Waals surface area contributed by atoms with E-state index in [1.54, 1.807) is 0 Å². The van der Waals surface area contributed by atoms with Gasteiger partial charge in [0.25, 0.3) is 0 Å². The SMILES string of the molecule is CCCCCCCCc1c(C)c(C#N)c2nc3ccccc3n2c1NCCCC. The number of rotatable bonds is 11. The first kappa shape index (κ1) is 21.2. The predicted molar refractivity (Wildman–Crippen MR) is 123 cm³/mol. The average Bonchev–Trinajstić information content (AvgIpc) is 3.11. The van der Waals surface area contributed by atoms with Crippen LogP contribution in [-0.2, 0) is 6.42 Å². The summed E-state index contributed by atoms with van der Waals surface area (Å²) in [5.74, 6) is 1.13. The molecule has 0 aliphatic rings. The zero-order valence-electron chi connectivity index (χ0n) is 18.2. The number of imidazole rings is 1. The number of hydrogen-bond acceptors (Lipinski definition) is 3. The Morgan fingerprint density at radius 1 is 1.00 bits per heavy atom. The van der Waals surface area contributed by atoms with Crippen molar-refractivity contribution in [1.29, 1.82) is 5.26 Å². The molecule has 3 rings (SSSR count). The van der Waals surface area contributed by atoms with Gasteiger partial charge in [0.2, 0.25) is 0 Å². The molecule has 2 aromatic heterocycles. The highest BCUT2D eigenvalue weighted by molar-refractivity contribution is 5.86. The van der Waals surface area contributed by atoms with Crippen molar-refractivity contribution in [3.8, 4) is 6.07 Å². The number of unbranched alkanes of at least 4 members (excludes halogenated alkanes) is 6. The van der Waals surface area contributed by atoms with Crippen LogP contribution in [0.2, 0.25) is 0 Å². The number of hydrogen-bond donors (Lipinski definition) is 1. The second-order valence-corrected chi connectivity index (χ2v) is 8.00. The molecule has 0 fully saturated rings. The summed E-state index contributed by atoms with van der Waals surface area (Å²) in [5.41, 5.74) is 5.87. The van der Waals surface area contributed by atoms with E-state index in [0.717, 1.165) is 60.3 Å². The first-order valence-corrected chi connectivity index (χ1v) is 11.3. The van der Waals surface area contributed by atoms with Gasteiger partial charge in [-0.05, 0) is 49.4 Å². The molecule has 1 aromatic carbocycles. The zero-order chi connectivity index (χ0) is 20.6. The first-order chi connectivity index (χ1) is 14.2. The predicted octanol–water partition coefficient (Wildman–Crippen LogP) is 6.78. The van der Waals surface area contributed by atoms with Crippen molar-refractivity contribution in [2.24, 2.45) is 0 Å². The van der Waals surface area contributed by atoms with Crippen LogP contribution in [0.5, 0.6) is 0 Å². The maximum atomic E-state index is 9.92. The lowest BCUT2D eigenvalue weighted by Gasteiger charge is -2.19. The van der Waals surface area contributed by atoms with Gasteiger partial charge in [0.15, 0.2) is 5.65 Å². The van der Waals surface area contributed by atoms with E-state index in [0.29, 0.717) is 5.56 Å². The third-order valence-corrected chi connectivity index (χ3v) is 5.84. The summed E-state index contributed by atoms with van der Waals surface area (Å²) >= 11 is 0. The van der Waals surface area contributed by atoms with E-state index in [4.69, 9.17) is 4.98 Å². The molecule has 4 heteroatoms. The second-order valence-electron chi connectivity index (χ2n) is 8.00. The van der Waals surface area contributed by atoms with Gasteiger partial charge in [-0.15, -0.1) is 0 Å². The van der Waals surface area contributed by atoms with Gasteiger partial charge >= 0.3 is 0 Å². The Kier molecular flexibility index (Phi) is 7.52. The molecular weight excluding hydrogens is 356 g/mol. The van der Waals surface area contributed by atoms with Crippen LogP contribution in [0, 0.1) is 18.3 Å². The average molecular weight is 391 g/mol. The lowest BCUT2D eigenvalue weighted by molar-refractivity contribution is 0.606. The maximum absolute atomic E-state index is 9.92. The number of fused-ring (bicyclic) bond motifs is 3. The summed E-state index contributed by atoms with van der Waals surface area (Å²) in [6, 6.07) is 10.6. The third-order valence-electron chi connectivity index (χ3n) is 5.84. The molecule has 2 heterocycles. The van der Waals surface area contributed by atoms with Gasteiger partial charge in [-0.25, -0.2) is 4.98 Å². The minimum absolute atomic E-state index is 0.711. The Hall–Kier alpha value is -2.54. The van der Waals surface area contributed by atoms with Gasteiger partial charge in [-0.3, -0.25) is 4.40 Å². The number of pyridine rings is 1. The third kappa shape index (κ3) is 4.56. The van der Waals surface area contributed by atoms with Gasteiger partial charge in [0.1, 0.15) is 11.9 Å². The number of nitrogens with one attached hydrogen (secondary N) is 1. The van der Waals surface area contributed by atoms with Gasteiger partial charge < -0.3 is 5.32 Å². The highest BCUT2D eigenvalue weighted by Crippen LogP contribution is 2.32. The standard InChI is InChI=1S/C25H34N4/c1-4-6-8-9-10-11-14-20-19(3)21(18-26)25-28-22-15-12-13-16-23(22)29(25)24(20)27-17-7-5-2/h12-13,15-16,27H,4-11,14,17H2,1-3H3. The summed E-state index contributed by atoms with van der Waals surface area (Å²) < 4.78 is 2.18. The molecule has 0 radical (unpaired) electrons. The van der Waals surface area contributed by atoms with Crippen molar-refractivity contribution >= 4 is 22.5 Å². The number of benzene rings is 1. The van der Waals surface area contributed by atoms with E-state index in [1.807, 2.05) is 18.2 Å². The molecule has 0 atom stereocenters. The van der Waals surface area contributed by atoms with E-state index < -0.39 is 0 Å². The molecule has 29 heavy (non-hydrogen) atoms. The summed E-state index contributed by atoms with van der Waals surface area (Å²) in [4.78, 5) is 4.81. The lowest BCUT2D eigenvalue weighted by Crippen LogP contribution is -2.12. The highest BCUT2D eigenvalue weighted by atomic mass is 15.1. The van der Waals surface area contributed by atoms with Crippen LogP contribution in [0.15, 0.2) is 24.3 Å². The van der Waals surface area contributed by atoms with Crippen LogP contribution in [-0.4, -0.2) is 15.9 Å². The van der Waals surface area contributed by atoms with Crippen LogP contribution >= 0.6 is 0 Å². The Labute approximate surface area is 175 Å². The second kappa shape index (κ2) is 10.3. The van der Waals surface area contributed by atoms with Crippen molar-refractivity contribution in [3.05, 3.63) is 41.0 Å². The van der Waals surface area contributed by atoms with Crippen molar-refractivity contribution in [2.45, 2.75) is 78.6 Å². The summed E-state index contributed by atoms with van der Waals surface area (Å²) in [7, 11) is 0. The number of nitrogens with zero attached hydrogens (tertiary/aromatic N) is 3. The summed E-state index contributed by atoms with van der Waals surface area (Å²) in [6.07, 6.45) is 10.9. The molecule has 1 N–H and O–H groups in total. The lowest BCUT2D eigenvalue weighted by atomic mass is 9.98. The minimum atomic E-state index is 0.711. The Balaban J connectivity index is 2.04. The molecule has 0 bridgehead atoms. The quantitative estimate of drug-likeness (QED) is 0.367. The zero-order valence-corrected chi connectivity index (χ0v) is 18.2. The molecule has 4 nitrogen and oxygen atoms in total. The fourth-order valence-electron chi connectivity index (χ4n) is 4.14. The van der Waals surface area contributed by atoms with Crippen LogP contribution < -0.4 is 5.32 Å². The van der Waals surface area contributed by atoms with Crippen LogP contribution in [0.4, 0.5) is 5.82 Å². The number of para-hydroxylation sites is 2. The normalized spacial score (nSPS) is 11.2. The van der Waals surface area contributed by atoms with Gasteiger partial charge in [-0.2, -0.15) is 5.26 Å². The first-order valence-electron chi connectivity index (χ1n) is 11.3. The smallest absolute Gasteiger partial charge is 0.157 e. The van der Waals surface area contributed by atoms with Crippen molar-refractivity contribution in [2.75, 3.05) is 11.9 Å². The Bertz CT molecular complexity index is 994. The molecule has 0 aliphatic heterocycles. The molecular formula is C25H34N4. The largest absolute Gasteiger partial charge is 0.371 e. The fraction of sp³-hybridized carbons (Fsp3) is 0.520. The topological polar surface area (TPSA) is 53.1 Å². The van der Waals surface area contributed by atoms with E-state index >= 15 is 0 Å². The molecule has 0 spiro atoms. The van der Waals surface area contributed by atoms with Crippen LogP contribution in [0.3, 0.4) is 0 Å². The number of nitriles is 1. The van der Waals surface area contributed by atoms with Crippen molar-refractivity contribution < 1.29 is 0 Å². The van der Waals surface area contributed by atoms with E-state index in [9.17, 15) is 5.26 Å². The minimum Gasteiger partial charge on any atom is -0.371 e. The van der Waals surface area contributed by atoms with Crippen LogP contribution in [0.1, 0.15) is 81.9 Å². The van der Waals surface area contributed by atoms with Gasteiger partial charge in [0.05, 0.1) is 16.6 Å². The molecule has 0 amide bonds. The molecule has 3 aromatic rings. The molecule has 0 unspecified atom stereocenters. The summed E-state index contributed by atoms with van der Waals surface area (Å²) in [5, 5.41) is 13.6. The Morgan fingerprint density at radius 3 is 2.48 bits per heavy atom. The van der Waals surface area contributed by atoms with Crippen LogP contribution in [0.25, 0.3) is 16.7 Å². The van der Waals surface area contributed by atoms with Crippen molar-refractivity contribution in [1.82, 2.24) is 9.38 Å². The molecule has 154 valence electrons. The van der Waals surface area contributed by atoms with Crippen molar-refractivity contribution in [3.63, 3.8) is 0 Å². The maximum Gasteiger partial charge on any atom is 0.157 e. The monoisotopic (exact) mass is 390 g/mol. The molecule has 0 saturated heterocycles. The highest BCUT2D eigenvalue weighted by Gasteiger charge is 2.20. The fourth-order valence-corrected chi connectivity index (χ4v) is 4.14. The number of aromatic nitrogens is 2. The molecule has 0 saturated carbocycles.